The zero-order valence-electron chi connectivity index (χ0n) is 14.0. The summed E-state index contributed by atoms with van der Waals surface area (Å²) >= 11 is 0. The van der Waals surface area contributed by atoms with Crippen molar-refractivity contribution in [3.63, 3.8) is 0 Å². The van der Waals surface area contributed by atoms with Crippen LogP contribution in [0.5, 0.6) is 0 Å². The highest BCUT2D eigenvalue weighted by molar-refractivity contribution is 5.96. The topological polar surface area (TPSA) is 47.1 Å². The van der Waals surface area contributed by atoms with Crippen molar-refractivity contribution in [2.24, 2.45) is 0 Å². The number of anilines is 1. The predicted molar refractivity (Wildman–Crippen MR) is 89.4 cm³/mol. The molecule has 6 heteroatoms. The number of benzene rings is 1. The van der Waals surface area contributed by atoms with Crippen LogP contribution in [-0.4, -0.2) is 79.5 Å². The number of amides is 3. The maximum atomic E-state index is 12.5. The van der Waals surface area contributed by atoms with Gasteiger partial charge in [0.1, 0.15) is 0 Å². The van der Waals surface area contributed by atoms with Gasteiger partial charge in [0.2, 0.25) is 5.91 Å². The molecular formula is C17H24N4O2. The minimum Gasteiger partial charge on any atom is -0.331 e. The lowest BCUT2D eigenvalue weighted by molar-refractivity contribution is -0.123. The second kappa shape index (κ2) is 5.85. The Hall–Kier alpha value is -2.08. The molecule has 0 aromatic heterocycles. The Balaban J connectivity index is 1.82. The van der Waals surface area contributed by atoms with Gasteiger partial charge in [-0.2, -0.15) is 0 Å². The van der Waals surface area contributed by atoms with Crippen molar-refractivity contribution in [1.29, 1.82) is 0 Å². The molecule has 2 aliphatic rings. The van der Waals surface area contributed by atoms with Crippen LogP contribution in [0.1, 0.15) is 6.42 Å². The molecule has 124 valence electrons. The number of nitrogens with zero attached hydrogens (tertiary/aromatic N) is 4. The van der Waals surface area contributed by atoms with Gasteiger partial charge in [0.15, 0.2) is 0 Å². The molecule has 0 saturated carbocycles. The molecule has 0 bridgehead atoms. The summed E-state index contributed by atoms with van der Waals surface area (Å²) in [5, 5.41) is 0. The summed E-state index contributed by atoms with van der Waals surface area (Å²) in [6, 6.07) is 9.82. The maximum Gasteiger partial charge on any atom is 0.319 e. The standard InChI is InChI=1S/C17H24N4O2/c1-18(2)16(23)20-10-9-17(12-20)13-21(15(22)11-19(17)3)14-7-5-4-6-8-14/h4-8H,9-13H2,1-3H3/t17-/m0/s1. The molecule has 3 amide bonds. The van der Waals surface area contributed by atoms with E-state index in [-0.39, 0.29) is 17.5 Å². The van der Waals surface area contributed by atoms with Crippen molar-refractivity contribution in [2.45, 2.75) is 12.0 Å². The molecule has 2 fully saturated rings. The number of likely N-dealkylation sites (N-methyl/N-ethyl adjacent to an activating group) is 1. The number of urea groups is 1. The monoisotopic (exact) mass is 316 g/mol. The fraction of sp³-hybridized carbons (Fsp3) is 0.529. The van der Waals surface area contributed by atoms with Gasteiger partial charge in [0, 0.05) is 39.4 Å². The molecule has 0 N–H and O–H groups in total. The van der Waals surface area contributed by atoms with Crippen molar-refractivity contribution < 1.29 is 9.59 Å². The van der Waals surface area contributed by atoms with E-state index in [0.717, 1.165) is 18.7 Å². The number of carbonyl (C=O) groups is 2. The number of likely N-dealkylation sites (tertiary alicyclic amines) is 1. The number of para-hydroxylation sites is 1. The first-order valence-corrected chi connectivity index (χ1v) is 7.96. The molecule has 0 radical (unpaired) electrons. The molecule has 6 nitrogen and oxygen atoms in total. The summed E-state index contributed by atoms with van der Waals surface area (Å²) in [7, 11) is 5.54. The number of carbonyl (C=O) groups excluding carboxylic acids is 2. The number of hydrogen-bond donors (Lipinski definition) is 0. The van der Waals surface area contributed by atoms with E-state index in [0.29, 0.717) is 19.6 Å². The quantitative estimate of drug-likeness (QED) is 0.779. The molecule has 3 rings (SSSR count). The zero-order chi connectivity index (χ0) is 16.6. The van der Waals surface area contributed by atoms with Gasteiger partial charge in [0.25, 0.3) is 0 Å². The number of rotatable bonds is 1. The second-order valence-electron chi connectivity index (χ2n) is 6.74. The van der Waals surface area contributed by atoms with Crippen molar-refractivity contribution in [1.82, 2.24) is 14.7 Å². The van der Waals surface area contributed by atoms with Crippen LogP contribution in [-0.2, 0) is 4.79 Å². The van der Waals surface area contributed by atoms with Crippen LogP contribution >= 0.6 is 0 Å². The number of hydrogen-bond acceptors (Lipinski definition) is 3. The van der Waals surface area contributed by atoms with Crippen molar-refractivity contribution in [3.05, 3.63) is 30.3 Å². The lowest BCUT2D eigenvalue weighted by Gasteiger charge is -2.46. The predicted octanol–water partition coefficient (Wildman–Crippen LogP) is 1.09. The highest BCUT2D eigenvalue weighted by atomic mass is 16.2. The minimum absolute atomic E-state index is 0.0402. The zero-order valence-corrected chi connectivity index (χ0v) is 14.0. The first kappa shape index (κ1) is 15.8. The summed E-state index contributed by atoms with van der Waals surface area (Å²) in [5.41, 5.74) is 0.775. The van der Waals surface area contributed by atoms with E-state index in [4.69, 9.17) is 0 Å². The minimum atomic E-state index is -0.157. The van der Waals surface area contributed by atoms with Gasteiger partial charge in [0.05, 0.1) is 12.1 Å². The molecule has 1 aromatic rings. The highest BCUT2D eigenvalue weighted by Crippen LogP contribution is 2.33. The largest absolute Gasteiger partial charge is 0.331 e. The SMILES string of the molecule is CN(C)C(=O)N1CC[C@]2(C1)CN(c1ccccc1)C(=O)CN2C. The van der Waals surface area contributed by atoms with E-state index in [2.05, 4.69) is 4.90 Å². The Morgan fingerprint density at radius 2 is 1.87 bits per heavy atom. The molecule has 0 aliphatic carbocycles. The Labute approximate surface area is 137 Å². The van der Waals surface area contributed by atoms with Gasteiger partial charge in [-0.15, -0.1) is 0 Å². The van der Waals surface area contributed by atoms with E-state index in [1.165, 1.54) is 0 Å². The summed E-state index contributed by atoms with van der Waals surface area (Å²) in [4.78, 5) is 32.2. The first-order chi connectivity index (χ1) is 10.9. The van der Waals surface area contributed by atoms with Crippen molar-refractivity contribution >= 4 is 17.6 Å². The average molecular weight is 316 g/mol. The van der Waals surface area contributed by atoms with Crippen LogP contribution in [0.4, 0.5) is 10.5 Å². The molecule has 2 saturated heterocycles. The molecule has 2 aliphatic heterocycles. The van der Waals surface area contributed by atoms with Crippen molar-refractivity contribution in [2.75, 3.05) is 52.2 Å². The maximum absolute atomic E-state index is 12.5. The lowest BCUT2D eigenvalue weighted by atomic mass is 9.92. The van der Waals surface area contributed by atoms with Crippen LogP contribution in [0.15, 0.2) is 30.3 Å². The Morgan fingerprint density at radius 3 is 2.52 bits per heavy atom. The van der Waals surface area contributed by atoms with Gasteiger partial charge in [-0.25, -0.2) is 4.79 Å². The van der Waals surface area contributed by atoms with E-state index in [1.807, 2.05) is 47.2 Å². The third-order valence-corrected chi connectivity index (χ3v) is 4.99. The Bertz CT molecular complexity index is 604. The molecule has 0 unspecified atom stereocenters. The molecular weight excluding hydrogens is 292 g/mol. The third kappa shape index (κ3) is 2.79. The van der Waals surface area contributed by atoms with E-state index in [9.17, 15) is 9.59 Å². The fourth-order valence-corrected chi connectivity index (χ4v) is 3.55. The summed E-state index contributed by atoms with van der Waals surface area (Å²) in [5.74, 6) is 0.113. The normalized spacial score (nSPS) is 25.3. The Kier molecular flexibility index (Phi) is 4.02. The number of piperazine rings is 1. The fourth-order valence-electron chi connectivity index (χ4n) is 3.55. The van der Waals surface area contributed by atoms with E-state index < -0.39 is 0 Å². The average Bonchev–Trinajstić information content (AvgIpc) is 2.96. The second-order valence-corrected chi connectivity index (χ2v) is 6.74. The smallest absolute Gasteiger partial charge is 0.319 e. The van der Waals surface area contributed by atoms with Crippen LogP contribution in [0.3, 0.4) is 0 Å². The van der Waals surface area contributed by atoms with Gasteiger partial charge >= 0.3 is 6.03 Å². The Morgan fingerprint density at radius 1 is 1.17 bits per heavy atom. The highest BCUT2D eigenvalue weighted by Gasteiger charge is 2.48. The summed E-state index contributed by atoms with van der Waals surface area (Å²) < 4.78 is 0. The summed E-state index contributed by atoms with van der Waals surface area (Å²) in [6.45, 7) is 2.41. The molecule has 1 aromatic carbocycles. The molecule has 1 atom stereocenters. The van der Waals surface area contributed by atoms with Crippen LogP contribution in [0, 0.1) is 0 Å². The summed E-state index contributed by atoms with van der Waals surface area (Å²) in [6.07, 6.45) is 0.889. The first-order valence-electron chi connectivity index (χ1n) is 7.96. The molecule has 1 spiro atoms. The van der Waals surface area contributed by atoms with Gasteiger partial charge < -0.3 is 14.7 Å². The van der Waals surface area contributed by atoms with Gasteiger partial charge in [-0.3, -0.25) is 9.69 Å². The van der Waals surface area contributed by atoms with E-state index in [1.54, 1.807) is 19.0 Å². The van der Waals surface area contributed by atoms with Crippen LogP contribution < -0.4 is 4.90 Å². The van der Waals surface area contributed by atoms with Gasteiger partial charge in [-0.05, 0) is 25.6 Å². The van der Waals surface area contributed by atoms with E-state index >= 15 is 0 Å². The third-order valence-electron chi connectivity index (χ3n) is 4.99. The molecule has 2 heterocycles. The molecule has 23 heavy (non-hydrogen) atoms. The lowest BCUT2D eigenvalue weighted by Crippen LogP contribution is -2.64. The van der Waals surface area contributed by atoms with Crippen molar-refractivity contribution in [3.8, 4) is 0 Å². The van der Waals surface area contributed by atoms with Crippen LogP contribution in [0.25, 0.3) is 0 Å². The van der Waals surface area contributed by atoms with Crippen LogP contribution in [0.2, 0.25) is 0 Å². The van der Waals surface area contributed by atoms with Gasteiger partial charge in [-0.1, -0.05) is 18.2 Å².